The summed E-state index contributed by atoms with van der Waals surface area (Å²) in [4.78, 5) is 4.86. The Bertz CT molecular complexity index is 1080. The minimum atomic E-state index is -0.886. The van der Waals surface area contributed by atoms with E-state index >= 15 is 0 Å². The Hall–Kier alpha value is -2.52. The van der Waals surface area contributed by atoms with Crippen LogP contribution >= 0.6 is 0 Å². The fourth-order valence-corrected chi connectivity index (χ4v) is 4.76. The number of morpholine rings is 1. The lowest BCUT2D eigenvalue weighted by molar-refractivity contribution is -0.184. The van der Waals surface area contributed by atoms with Crippen molar-refractivity contribution in [1.82, 2.24) is 15.2 Å². The Morgan fingerprint density at radius 1 is 1.00 bits per heavy atom. The van der Waals surface area contributed by atoms with E-state index in [4.69, 9.17) is 14.1 Å². The van der Waals surface area contributed by atoms with Crippen LogP contribution in [0, 0.1) is 5.92 Å². The third kappa shape index (κ3) is 3.49. The van der Waals surface area contributed by atoms with Crippen molar-refractivity contribution in [3.05, 3.63) is 42.0 Å². The van der Waals surface area contributed by atoms with Crippen LogP contribution in [0.2, 0.25) is 0 Å². The first-order chi connectivity index (χ1) is 15.2. The maximum atomic E-state index is 10.7. The highest BCUT2D eigenvalue weighted by Crippen LogP contribution is 2.37. The summed E-state index contributed by atoms with van der Waals surface area (Å²) < 4.78 is 15.7. The second-order valence-corrected chi connectivity index (χ2v) is 8.92. The third-order valence-electron chi connectivity index (χ3n) is 6.67. The van der Waals surface area contributed by atoms with Crippen LogP contribution in [0.1, 0.15) is 5.56 Å². The van der Waals surface area contributed by atoms with Crippen LogP contribution in [-0.4, -0.2) is 79.5 Å². The van der Waals surface area contributed by atoms with Crippen molar-refractivity contribution in [1.29, 1.82) is 0 Å². The lowest BCUT2D eigenvalue weighted by Crippen LogP contribution is -2.53. The Morgan fingerprint density at radius 2 is 1.84 bits per heavy atom. The Morgan fingerprint density at radius 3 is 2.61 bits per heavy atom. The number of anilines is 1. The van der Waals surface area contributed by atoms with Gasteiger partial charge in [-0.1, -0.05) is 18.2 Å². The molecule has 2 aromatic carbocycles. The van der Waals surface area contributed by atoms with E-state index in [1.165, 1.54) is 0 Å². The first kappa shape index (κ1) is 19.2. The maximum Gasteiger partial charge on any atom is 0.158 e. The zero-order valence-electron chi connectivity index (χ0n) is 17.4. The predicted molar refractivity (Wildman–Crippen MR) is 115 cm³/mol. The largest absolute Gasteiger partial charge is 0.380 e. The van der Waals surface area contributed by atoms with E-state index in [0.717, 1.165) is 79.3 Å². The minimum absolute atomic E-state index is 0.340. The molecule has 3 fully saturated rings. The number of hydrogen-bond donors (Lipinski definition) is 1. The maximum absolute atomic E-state index is 10.7. The summed E-state index contributed by atoms with van der Waals surface area (Å²) in [5.41, 5.74) is 4.68. The van der Waals surface area contributed by atoms with Crippen molar-refractivity contribution >= 4 is 16.7 Å². The molecule has 0 aliphatic carbocycles. The highest BCUT2D eigenvalue weighted by atomic mass is 16.6. The highest BCUT2D eigenvalue weighted by Gasteiger charge is 2.38. The summed E-state index contributed by atoms with van der Waals surface area (Å²) in [5.74, 6) is 0.646. The molecule has 0 amide bonds. The molecule has 8 heteroatoms. The van der Waals surface area contributed by atoms with E-state index in [1.807, 2.05) is 24.3 Å². The molecule has 6 rings (SSSR count). The van der Waals surface area contributed by atoms with Gasteiger partial charge < -0.3 is 19.5 Å². The number of rotatable bonds is 5. The van der Waals surface area contributed by atoms with E-state index < -0.39 is 5.60 Å². The Labute approximate surface area is 180 Å². The summed E-state index contributed by atoms with van der Waals surface area (Å²) in [6.45, 7) is 7.52. The van der Waals surface area contributed by atoms with E-state index in [9.17, 15) is 5.11 Å². The van der Waals surface area contributed by atoms with Gasteiger partial charge >= 0.3 is 0 Å². The SMILES string of the molecule is OC1(c2cccc(-c3cc(N4CC(CN5CCOCC5)C4)c4nonc4c3)c2)COC1. The number of benzene rings is 2. The second kappa shape index (κ2) is 7.56. The molecule has 1 N–H and O–H groups in total. The van der Waals surface area contributed by atoms with E-state index in [1.54, 1.807) is 0 Å². The molecule has 0 radical (unpaired) electrons. The molecule has 162 valence electrons. The summed E-state index contributed by atoms with van der Waals surface area (Å²) in [6, 6.07) is 12.2. The van der Waals surface area contributed by atoms with Crippen LogP contribution < -0.4 is 4.90 Å². The molecule has 3 aliphatic rings. The fraction of sp³-hybridized carbons (Fsp3) is 0.478. The quantitative estimate of drug-likeness (QED) is 0.667. The molecule has 31 heavy (non-hydrogen) atoms. The monoisotopic (exact) mass is 422 g/mol. The predicted octanol–water partition coefficient (Wildman–Crippen LogP) is 1.88. The van der Waals surface area contributed by atoms with Crippen LogP contribution in [0.5, 0.6) is 0 Å². The van der Waals surface area contributed by atoms with E-state index in [2.05, 4.69) is 32.2 Å². The Kier molecular flexibility index (Phi) is 4.68. The average molecular weight is 422 g/mol. The van der Waals surface area contributed by atoms with Gasteiger partial charge in [0.1, 0.15) is 11.1 Å². The van der Waals surface area contributed by atoms with Gasteiger partial charge in [0.05, 0.1) is 32.1 Å². The van der Waals surface area contributed by atoms with Crippen LogP contribution in [-0.2, 0) is 15.1 Å². The summed E-state index contributed by atoms with van der Waals surface area (Å²) in [5, 5.41) is 18.9. The zero-order chi connectivity index (χ0) is 20.8. The van der Waals surface area contributed by atoms with Gasteiger partial charge in [-0.3, -0.25) is 4.90 Å². The fourth-order valence-electron chi connectivity index (χ4n) is 4.76. The van der Waals surface area contributed by atoms with Crippen molar-refractivity contribution in [3.8, 4) is 11.1 Å². The molecule has 0 saturated carbocycles. The lowest BCUT2D eigenvalue weighted by atomic mass is 9.89. The van der Waals surface area contributed by atoms with Gasteiger partial charge in [-0.25, -0.2) is 4.63 Å². The van der Waals surface area contributed by atoms with E-state index in [0.29, 0.717) is 19.1 Å². The molecule has 0 bridgehead atoms. The first-order valence-corrected chi connectivity index (χ1v) is 10.9. The van der Waals surface area contributed by atoms with Gasteiger partial charge in [-0.05, 0) is 45.2 Å². The molecular formula is C23H26N4O4. The molecule has 3 aromatic rings. The van der Waals surface area contributed by atoms with Crippen molar-refractivity contribution in [2.45, 2.75) is 5.60 Å². The third-order valence-corrected chi connectivity index (χ3v) is 6.67. The average Bonchev–Trinajstić information content (AvgIpc) is 3.23. The summed E-state index contributed by atoms with van der Waals surface area (Å²) in [6.07, 6.45) is 0. The van der Waals surface area contributed by atoms with Crippen molar-refractivity contribution in [3.63, 3.8) is 0 Å². The summed E-state index contributed by atoms with van der Waals surface area (Å²) >= 11 is 0. The molecule has 3 aliphatic heterocycles. The number of hydrogen-bond acceptors (Lipinski definition) is 8. The number of ether oxygens (including phenoxy) is 2. The molecule has 4 heterocycles. The molecule has 3 saturated heterocycles. The van der Waals surface area contributed by atoms with Gasteiger partial charge in [-0.2, -0.15) is 0 Å². The van der Waals surface area contributed by atoms with Gasteiger partial charge in [0.2, 0.25) is 0 Å². The normalized spacial score (nSPS) is 21.8. The molecule has 0 atom stereocenters. The first-order valence-electron chi connectivity index (χ1n) is 10.9. The second-order valence-electron chi connectivity index (χ2n) is 8.92. The van der Waals surface area contributed by atoms with Gasteiger partial charge in [-0.15, -0.1) is 0 Å². The number of fused-ring (bicyclic) bond motifs is 1. The topological polar surface area (TPSA) is 84.1 Å². The molecular weight excluding hydrogens is 396 g/mol. The van der Waals surface area contributed by atoms with E-state index in [-0.39, 0.29) is 0 Å². The van der Waals surface area contributed by atoms with Crippen molar-refractivity contribution in [2.75, 3.05) is 64.1 Å². The number of nitrogens with zero attached hydrogens (tertiary/aromatic N) is 4. The molecule has 0 spiro atoms. The zero-order valence-corrected chi connectivity index (χ0v) is 17.4. The van der Waals surface area contributed by atoms with Gasteiger partial charge in [0.15, 0.2) is 5.52 Å². The minimum Gasteiger partial charge on any atom is -0.380 e. The summed E-state index contributed by atoms with van der Waals surface area (Å²) in [7, 11) is 0. The smallest absolute Gasteiger partial charge is 0.158 e. The van der Waals surface area contributed by atoms with Gasteiger partial charge in [0, 0.05) is 38.6 Å². The lowest BCUT2D eigenvalue weighted by Gasteiger charge is -2.43. The Balaban J connectivity index is 1.25. The number of aromatic nitrogens is 2. The molecule has 0 unspecified atom stereocenters. The number of aliphatic hydroxyl groups is 1. The van der Waals surface area contributed by atoms with Crippen molar-refractivity contribution in [2.24, 2.45) is 5.92 Å². The van der Waals surface area contributed by atoms with Crippen molar-refractivity contribution < 1.29 is 19.2 Å². The highest BCUT2D eigenvalue weighted by molar-refractivity contribution is 5.93. The van der Waals surface area contributed by atoms with Crippen LogP contribution in [0.4, 0.5) is 5.69 Å². The standard InChI is InChI=1S/C23H26N4O4/c28-23(14-30-15-23)19-3-1-2-17(8-19)18-9-20-22(25-31-24-20)21(10-18)27-12-16(13-27)11-26-4-6-29-7-5-26/h1-3,8-10,16,28H,4-7,11-15H2. The molecule has 1 aromatic heterocycles. The van der Waals surface area contributed by atoms with Crippen LogP contribution in [0.15, 0.2) is 41.0 Å². The van der Waals surface area contributed by atoms with Crippen LogP contribution in [0.25, 0.3) is 22.2 Å². The van der Waals surface area contributed by atoms with Crippen LogP contribution in [0.3, 0.4) is 0 Å². The van der Waals surface area contributed by atoms with Gasteiger partial charge in [0.25, 0.3) is 0 Å². The molecule has 8 nitrogen and oxygen atoms in total.